The van der Waals surface area contributed by atoms with Gasteiger partial charge in [0.25, 0.3) is 0 Å². The topological polar surface area (TPSA) is 46.3 Å². The summed E-state index contributed by atoms with van der Waals surface area (Å²) in [6.07, 6.45) is 2.19. The first-order valence-electron chi connectivity index (χ1n) is 7.15. The highest BCUT2D eigenvalue weighted by Crippen LogP contribution is 2.28. The summed E-state index contributed by atoms with van der Waals surface area (Å²) < 4.78 is 0. The van der Waals surface area contributed by atoms with Crippen LogP contribution < -0.4 is 5.73 Å². The lowest BCUT2D eigenvalue weighted by Crippen LogP contribution is -2.44. The third kappa shape index (κ3) is 2.81. The van der Waals surface area contributed by atoms with Crippen LogP contribution in [0.4, 0.5) is 0 Å². The summed E-state index contributed by atoms with van der Waals surface area (Å²) >= 11 is 0. The third-order valence-electron chi connectivity index (χ3n) is 4.32. The van der Waals surface area contributed by atoms with Crippen LogP contribution in [0.1, 0.15) is 45.2 Å². The van der Waals surface area contributed by atoms with Gasteiger partial charge < -0.3 is 10.6 Å². The second-order valence-corrected chi connectivity index (χ2v) is 5.75. The maximum Gasteiger partial charge on any atom is 0.227 e. The molecule has 4 atom stereocenters. The summed E-state index contributed by atoms with van der Waals surface area (Å²) in [6.45, 7) is 6.20. The average molecular weight is 260 g/mol. The maximum absolute atomic E-state index is 12.6. The van der Waals surface area contributed by atoms with E-state index in [2.05, 4.69) is 13.8 Å². The van der Waals surface area contributed by atoms with Gasteiger partial charge in [-0.25, -0.2) is 0 Å². The van der Waals surface area contributed by atoms with Gasteiger partial charge in [-0.05, 0) is 32.3 Å². The van der Waals surface area contributed by atoms with E-state index in [-0.39, 0.29) is 17.9 Å². The SMILES string of the molecule is CC(C(=O)N1C(C)CCC1C)C(N)c1ccccc1. The van der Waals surface area contributed by atoms with Crippen LogP contribution >= 0.6 is 0 Å². The fourth-order valence-electron chi connectivity index (χ4n) is 2.98. The predicted octanol–water partition coefficient (Wildman–Crippen LogP) is 2.72. The number of benzene rings is 1. The summed E-state index contributed by atoms with van der Waals surface area (Å²) in [5, 5.41) is 0. The number of likely N-dealkylation sites (tertiary alicyclic amines) is 1. The van der Waals surface area contributed by atoms with Crippen LogP contribution in [0.15, 0.2) is 30.3 Å². The number of hydrogen-bond acceptors (Lipinski definition) is 2. The van der Waals surface area contributed by atoms with Gasteiger partial charge in [0.1, 0.15) is 0 Å². The summed E-state index contributed by atoms with van der Waals surface area (Å²) in [6, 6.07) is 10.3. The molecule has 3 nitrogen and oxygen atoms in total. The molecule has 19 heavy (non-hydrogen) atoms. The molecule has 2 N–H and O–H groups in total. The highest BCUT2D eigenvalue weighted by atomic mass is 16.2. The van der Waals surface area contributed by atoms with Gasteiger partial charge in [-0.2, -0.15) is 0 Å². The van der Waals surface area contributed by atoms with E-state index in [9.17, 15) is 4.79 Å². The average Bonchev–Trinajstić information content (AvgIpc) is 2.77. The molecule has 1 aliphatic rings. The highest BCUT2D eigenvalue weighted by molar-refractivity contribution is 5.80. The summed E-state index contributed by atoms with van der Waals surface area (Å²) in [4.78, 5) is 14.6. The molecule has 0 saturated carbocycles. The van der Waals surface area contributed by atoms with E-state index in [0.29, 0.717) is 12.1 Å². The molecule has 0 radical (unpaired) electrons. The second-order valence-electron chi connectivity index (χ2n) is 5.75. The molecule has 1 fully saturated rings. The summed E-state index contributed by atoms with van der Waals surface area (Å²) in [5.74, 6) is 0.0132. The van der Waals surface area contributed by atoms with E-state index in [4.69, 9.17) is 5.73 Å². The lowest BCUT2D eigenvalue weighted by Gasteiger charge is -2.31. The molecular weight excluding hydrogens is 236 g/mol. The highest BCUT2D eigenvalue weighted by Gasteiger charge is 2.35. The molecular formula is C16H24N2O. The van der Waals surface area contributed by atoms with Crippen LogP contribution in [-0.4, -0.2) is 22.9 Å². The molecule has 4 unspecified atom stereocenters. The minimum absolute atomic E-state index is 0.176. The number of amides is 1. The van der Waals surface area contributed by atoms with Crippen molar-refractivity contribution in [2.75, 3.05) is 0 Å². The normalized spacial score (nSPS) is 26.2. The standard InChI is InChI=1S/C16H24N2O/c1-11-9-10-12(2)18(11)16(19)13(3)15(17)14-7-5-4-6-8-14/h4-8,11-13,15H,9-10,17H2,1-3H3. The quantitative estimate of drug-likeness (QED) is 0.908. The second kappa shape index (κ2) is 5.74. The largest absolute Gasteiger partial charge is 0.337 e. The summed E-state index contributed by atoms with van der Waals surface area (Å²) in [5.41, 5.74) is 7.28. The fourth-order valence-corrected chi connectivity index (χ4v) is 2.98. The van der Waals surface area contributed by atoms with Crippen molar-refractivity contribution < 1.29 is 4.79 Å². The van der Waals surface area contributed by atoms with Crippen LogP contribution in [0, 0.1) is 5.92 Å². The molecule has 1 aromatic rings. The molecule has 1 aliphatic heterocycles. The van der Waals surface area contributed by atoms with Crippen molar-refractivity contribution >= 4 is 5.91 Å². The van der Waals surface area contributed by atoms with Gasteiger partial charge in [0.05, 0.1) is 5.92 Å². The molecule has 1 aromatic carbocycles. The molecule has 2 rings (SSSR count). The molecule has 104 valence electrons. The third-order valence-corrected chi connectivity index (χ3v) is 4.32. The first-order valence-corrected chi connectivity index (χ1v) is 7.15. The minimum Gasteiger partial charge on any atom is -0.337 e. The van der Waals surface area contributed by atoms with Crippen LogP contribution in [0.3, 0.4) is 0 Å². The molecule has 1 heterocycles. The van der Waals surface area contributed by atoms with Crippen molar-refractivity contribution in [2.45, 2.75) is 51.7 Å². The van der Waals surface area contributed by atoms with Crippen molar-refractivity contribution in [1.82, 2.24) is 4.90 Å². The first-order chi connectivity index (χ1) is 9.02. The van der Waals surface area contributed by atoms with Crippen molar-refractivity contribution in [1.29, 1.82) is 0 Å². The molecule has 3 heteroatoms. The Balaban J connectivity index is 2.11. The number of nitrogens with two attached hydrogens (primary N) is 1. The van der Waals surface area contributed by atoms with Crippen LogP contribution in [-0.2, 0) is 4.79 Å². The Morgan fingerprint density at radius 2 is 1.74 bits per heavy atom. The zero-order chi connectivity index (χ0) is 14.0. The molecule has 0 aromatic heterocycles. The lowest BCUT2D eigenvalue weighted by molar-refractivity contribution is -0.138. The monoisotopic (exact) mass is 260 g/mol. The molecule has 0 bridgehead atoms. The Morgan fingerprint density at radius 3 is 2.26 bits per heavy atom. The van der Waals surface area contributed by atoms with Gasteiger partial charge in [-0.15, -0.1) is 0 Å². The molecule has 0 spiro atoms. The Kier molecular flexibility index (Phi) is 4.25. The van der Waals surface area contributed by atoms with Crippen molar-refractivity contribution in [2.24, 2.45) is 11.7 Å². The number of hydrogen-bond donors (Lipinski definition) is 1. The van der Waals surface area contributed by atoms with Crippen molar-refractivity contribution in [3.8, 4) is 0 Å². The van der Waals surface area contributed by atoms with Gasteiger partial charge >= 0.3 is 0 Å². The van der Waals surface area contributed by atoms with E-state index in [1.54, 1.807) is 0 Å². The lowest BCUT2D eigenvalue weighted by atomic mass is 9.93. The Hall–Kier alpha value is -1.35. The molecule has 0 aliphatic carbocycles. The van der Waals surface area contributed by atoms with Crippen molar-refractivity contribution in [3.05, 3.63) is 35.9 Å². The van der Waals surface area contributed by atoms with Crippen LogP contribution in [0.25, 0.3) is 0 Å². The molecule has 1 saturated heterocycles. The number of carbonyl (C=O) groups excluding carboxylic acids is 1. The first kappa shape index (κ1) is 14.1. The zero-order valence-electron chi connectivity index (χ0n) is 12.0. The maximum atomic E-state index is 12.6. The van der Waals surface area contributed by atoms with Gasteiger partial charge in [-0.3, -0.25) is 4.79 Å². The van der Waals surface area contributed by atoms with E-state index in [1.165, 1.54) is 0 Å². The van der Waals surface area contributed by atoms with Gasteiger partial charge in [0, 0.05) is 18.1 Å². The van der Waals surface area contributed by atoms with Gasteiger partial charge in [0.15, 0.2) is 0 Å². The molecule has 1 amide bonds. The Morgan fingerprint density at radius 1 is 1.21 bits per heavy atom. The van der Waals surface area contributed by atoms with E-state index < -0.39 is 0 Å². The van der Waals surface area contributed by atoms with Crippen molar-refractivity contribution in [3.63, 3.8) is 0 Å². The Labute approximate surface area is 115 Å². The van der Waals surface area contributed by atoms with Crippen LogP contribution in [0.5, 0.6) is 0 Å². The predicted molar refractivity (Wildman–Crippen MR) is 77.5 cm³/mol. The van der Waals surface area contributed by atoms with Gasteiger partial charge in [-0.1, -0.05) is 37.3 Å². The van der Waals surface area contributed by atoms with Crippen LogP contribution in [0.2, 0.25) is 0 Å². The summed E-state index contributed by atoms with van der Waals surface area (Å²) in [7, 11) is 0. The van der Waals surface area contributed by atoms with Gasteiger partial charge in [0.2, 0.25) is 5.91 Å². The van der Waals surface area contributed by atoms with E-state index in [0.717, 1.165) is 18.4 Å². The smallest absolute Gasteiger partial charge is 0.227 e. The number of carbonyl (C=O) groups is 1. The Bertz CT molecular complexity index is 422. The number of nitrogens with zero attached hydrogens (tertiary/aromatic N) is 1. The zero-order valence-corrected chi connectivity index (χ0v) is 12.0. The van der Waals surface area contributed by atoms with E-state index >= 15 is 0 Å². The number of rotatable bonds is 3. The van der Waals surface area contributed by atoms with E-state index in [1.807, 2.05) is 42.2 Å². The fraction of sp³-hybridized carbons (Fsp3) is 0.562. The minimum atomic E-state index is -0.228.